The molecule has 50 valence electrons. The highest BCUT2D eigenvalue weighted by Crippen LogP contribution is 2.24. The number of hydrogen-bond acceptors (Lipinski definition) is 2. The summed E-state index contributed by atoms with van der Waals surface area (Å²) < 4.78 is -1.26. The quantitative estimate of drug-likeness (QED) is 0.549. The van der Waals surface area contributed by atoms with Crippen LogP contribution in [-0.2, 0) is 0 Å². The highest BCUT2D eigenvalue weighted by Gasteiger charge is 2.28. The van der Waals surface area contributed by atoms with Crippen molar-refractivity contribution < 1.29 is 10.2 Å². The molecule has 2 atom stereocenters. The van der Waals surface area contributed by atoms with Gasteiger partial charge in [0.25, 0.3) is 0 Å². The first-order chi connectivity index (χ1) is 4.13. The Morgan fingerprint density at radius 2 is 2.11 bits per heavy atom. The first kappa shape index (κ1) is 6.99. The van der Waals surface area contributed by atoms with Crippen LogP contribution < -0.4 is 0 Å². The van der Waals surface area contributed by atoms with Crippen molar-refractivity contribution in [2.75, 3.05) is 0 Å². The van der Waals surface area contributed by atoms with E-state index in [0.29, 0.717) is 0 Å². The van der Waals surface area contributed by atoms with Crippen molar-refractivity contribution in [3.05, 3.63) is 24.3 Å². The van der Waals surface area contributed by atoms with Crippen molar-refractivity contribution in [2.24, 2.45) is 0 Å². The second kappa shape index (κ2) is 2.25. The minimum atomic E-state index is -1.26. The molecule has 0 amide bonds. The van der Waals surface area contributed by atoms with Crippen LogP contribution in [0.5, 0.6) is 0 Å². The third-order valence-corrected chi connectivity index (χ3v) is 1.88. The van der Waals surface area contributed by atoms with Crippen molar-refractivity contribution in [1.82, 2.24) is 0 Å². The van der Waals surface area contributed by atoms with Crippen LogP contribution in [0.3, 0.4) is 0 Å². The molecule has 0 aromatic rings. The fourth-order valence-corrected chi connectivity index (χ4v) is 0.899. The van der Waals surface area contributed by atoms with E-state index in [-0.39, 0.29) is 0 Å². The molecule has 1 rings (SSSR count). The van der Waals surface area contributed by atoms with Crippen LogP contribution in [0.15, 0.2) is 24.3 Å². The Morgan fingerprint density at radius 3 is 2.44 bits per heavy atom. The Morgan fingerprint density at radius 1 is 1.44 bits per heavy atom. The summed E-state index contributed by atoms with van der Waals surface area (Å²) >= 11 is 2.93. The fraction of sp³-hybridized carbons (Fsp3) is 0.333. The smallest absolute Gasteiger partial charge is 0.167 e. The molecule has 2 nitrogen and oxygen atoms in total. The Bertz CT molecular complexity index is 160. The van der Waals surface area contributed by atoms with E-state index >= 15 is 0 Å². The molecule has 1 aliphatic rings. The maximum absolute atomic E-state index is 9.17. The van der Waals surface area contributed by atoms with Gasteiger partial charge in [-0.3, -0.25) is 0 Å². The molecule has 9 heavy (non-hydrogen) atoms. The molecule has 0 radical (unpaired) electrons. The number of aliphatic hydroxyl groups is 2. The van der Waals surface area contributed by atoms with Gasteiger partial charge in [0.2, 0.25) is 0 Å². The topological polar surface area (TPSA) is 40.5 Å². The number of aliphatic hydroxyl groups excluding tert-OH is 1. The third-order valence-electron chi connectivity index (χ3n) is 1.15. The van der Waals surface area contributed by atoms with Crippen LogP contribution in [0.25, 0.3) is 0 Å². The first-order valence-electron chi connectivity index (χ1n) is 2.58. The minimum absolute atomic E-state index is 0.845. The van der Waals surface area contributed by atoms with Crippen molar-refractivity contribution in [3.8, 4) is 0 Å². The zero-order chi connectivity index (χ0) is 6.91. The molecule has 0 aliphatic heterocycles. The molecule has 0 aromatic heterocycles. The van der Waals surface area contributed by atoms with E-state index in [0.717, 1.165) is 0 Å². The van der Waals surface area contributed by atoms with Crippen molar-refractivity contribution in [1.29, 1.82) is 0 Å². The molecule has 0 aromatic carbocycles. The fourth-order valence-electron chi connectivity index (χ4n) is 0.593. The van der Waals surface area contributed by atoms with Gasteiger partial charge >= 0.3 is 0 Å². The number of alkyl halides is 1. The van der Waals surface area contributed by atoms with Crippen LogP contribution in [0.1, 0.15) is 0 Å². The average molecular weight is 191 g/mol. The molecular formula is C6H7BrO2. The van der Waals surface area contributed by atoms with Gasteiger partial charge in [-0.05, 0) is 22.0 Å². The summed E-state index contributed by atoms with van der Waals surface area (Å²) in [6.07, 6.45) is 5.50. The van der Waals surface area contributed by atoms with E-state index in [1.807, 2.05) is 0 Å². The number of allylic oxidation sites excluding steroid dienone is 2. The largest absolute Gasteiger partial charge is 0.385 e. The molecule has 3 heteroatoms. The van der Waals surface area contributed by atoms with Gasteiger partial charge in [0.1, 0.15) is 6.10 Å². The zero-order valence-electron chi connectivity index (χ0n) is 4.66. The predicted octanol–water partition coefficient (Wildman–Crippen LogP) is 0.557. The molecule has 0 saturated carbocycles. The zero-order valence-corrected chi connectivity index (χ0v) is 6.25. The normalized spacial score (nSPS) is 41.4. The Kier molecular flexibility index (Phi) is 1.75. The first-order valence-corrected chi connectivity index (χ1v) is 3.37. The van der Waals surface area contributed by atoms with Crippen molar-refractivity contribution >= 4 is 15.9 Å². The van der Waals surface area contributed by atoms with Gasteiger partial charge < -0.3 is 10.2 Å². The molecule has 2 N–H and O–H groups in total. The van der Waals surface area contributed by atoms with Gasteiger partial charge in [0.15, 0.2) is 4.51 Å². The van der Waals surface area contributed by atoms with Crippen molar-refractivity contribution in [2.45, 2.75) is 10.6 Å². The number of rotatable bonds is 0. The van der Waals surface area contributed by atoms with Gasteiger partial charge in [-0.25, -0.2) is 0 Å². The molecule has 1 aliphatic carbocycles. The van der Waals surface area contributed by atoms with Gasteiger partial charge in [-0.2, -0.15) is 0 Å². The predicted molar refractivity (Wildman–Crippen MR) is 38.2 cm³/mol. The van der Waals surface area contributed by atoms with E-state index in [1.165, 1.54) is 12.2 Å². The maximum Gasteiger partial charge on any atom is 0.167 e. The van der Waals surface area contributed by atoms with E-state index in [4.69, 9.17) is 5.11 Å². The van der Waals surface area contributed by atoms with Crippen LogP contribution in [0, 0.1) is 0 Å². The minimum Gasteiger partial charge on any atom is -0.385 e. The second-order valence-corrected chi connectivity index (χ2v) is 3.19. The molecular weight excluding hydrogens is 184 g/mol. The van der Waals surface area contributed by atoms with E-state index < -0.39 is 10.6 Å². The Hall–Kier alpha value is -0.120. The molecule has 2 unspecified atom stereocenters. The van der Waals surface area contributed by atoms with E-state index in [1.54, 1.807) is 12.2 Å². The summed E-state index contributed by atoms with van der Waals surface area (Å²) in [6, 6.07) is 0. The van der Waals surface area contributed by atoms with Gasteiger partial charge in [-0.1, -0.05) is 18.2 Å². The number of halogens is 1. The van der Waals surface area contributed by atoms with Gasteiger partial charge in [-0.15, -0.1) is 0 Å². The summed E-state index contributed by atoms with van der Waals surface area (Å²) in [6.45, 7) is 0. The van der Waals surface area contributed by atoms with Gasteiger partial charge in [0, 0.05) is 0 Å². The second-order valence-electron chi connectivity index (χ2n) is 1.92. The van der Waals surface area contributed by atoms with Crippen LogP contribution in [0.4, 0.5) is 0 Å². The highest BCUT2D eigenvalue weighted by molar-refractivity contribution is 9.10. The summed E-state index contributed by atoms with van der Waals surface area (Å²) in [5, 5.41) is 18.2. The van der Waals surface area contributed by atoms with E-state index in [9.17, 15) is 5.11 Å². The van der Waals surface area contributed by atoms with E-state index in [2.05, 4.69) is 15.9 Å². The van der Waals surface area contributed by atoms with Gasteiger partial charge in [0.05, 0.1) is 0 Å². The summed E-state index contributed by atoms with van der Waals surface area (Å²) in [7, 11) is 0. The third kappa shape index (κ3) is 1.41. The molecule has 0 spiro atoms. The monoisotopic (exact) mass is 190 g/mol. The summed E-state index contributed by atoms with van der Waals surface area (Å²) in [4.78, 5) is 0. The SMILES string of the molecule is OC1C=CC=CC1(O)Br. The summed E-state index contributed by atoms with van der Waals surface area (Å²) in [5.74, 6) is 0. The van der Waals surface area contributed by atoms with Crippen LogP contribution in [0.2, 0.25) is 0 Å². The lowest BCUT2D eigenvalue weighted by Crippen LogP contribution is -2.33. The van der Waals surface area contributed by atoms with Crippen LogP contribution in [-0.4, -0.2) is 20.8 Å². The Labute approximate surface area is 61.6 Å². The lowest BCUT2D eigenvalue weighted by molar-refractivity contribution is 0.0592. The standard InChI is InChI=1S/C6H7BrO2/c7-6(9)4-2-1-3-5(6)8/h1-5,8-9H. The molecule has 0 saturated heterocycles. The van der Waals surface area contributed by atoms with Crippen LogP contribution >= 0.6 is 15.9 Å². The molecule has 0 heterocycles. The van der Waals surface area contributed by atoms with Crippen molar-refractivity contribution in [3.63, 3.8) is 0 Å². The average Bonchev–Trinajstić information content (AvgIpc) is 1.77. The lowest BCUT2D eigenvalue weighted by Gasteiger charge is -2.22. The maximum atomic E-state index is 9.17. The number of hydrogen-bond donors (Lipinski definition) is 2. The molecule has 0 fully saturated rings. The summed E-state index contributed by atoms with van der Waals surface area (Å²) in [5.41, 5.74) is 0. The molecule has 0 bridgehead atoms. The highest BCUT2D eigenvalue weighted by atomic mass is 79.9. The Balaban J connectivity index is 2.78. The lowest BCUT2D eigenvalue weighted by atomic mass is 10.1.